The van der Waals surface area contributed by atoms with Crippen LogP contribution in [0.2, 0.25) is 0 Å². The van der Waals surface area contributed by atoms with Crippen molar-refractivity contribution in [3.05, 3.63) is 162 Å². The number of nitrogens with zero attached hydrogens (tertiary/aromatic N) is 2. The molecule has 0 amide bonds. The topological polar surface area (TPSA) is 86.5 Å². The van der Waals surface area contributed by atoms with Crippen LogP contribution in [0.15, 0.2) is 150 Å². The van der Waals surface area contributed by atoms with Gasteiger partial charge in [-0.1, -0.05) is 111 Å². The Morgan fingerprint density at radius 1 is 0.518 bits per heavy atom. The van der Waals surface area contributed by atoms with E-state index in [1.54, 1.807) is 42.5 Å². The molecule has 7 aromatic rings. The summed E-state index contributed by atoms with van der Waals surface area (Å²) >= 11 is 0. The summed E-state index contributed by atoms with van der Waals surface area (Å²) < 4.78 is 18.7. The van der Waals surface area contributed by atoms with Crippen molar-refractivity contribution in [3.8, 4) is 28.4 Å². The van der Waals surface area contributed by atoms with E-state index in [9.17, 15) is 9.59 Å². The van der Waals surface area contributed by atoms with Gasteiger partial charge in [0.2, 0.25) is 0 Å². The summed E-state index contributed by atoms with van der Waals surface area (Å²) in [6.07, 6.45) is 5.66. The molecular formula is C49H44N2O5. The van der Waals surface area contributed by atoms with Gasteiger partial charge in [-0.3, -0.25) is 0 Å². The van der Waals surface area contributed by atoms with Gasteiger partial charge in [0.1, 0.15) is 17.2 Å². The second kappa shape index (κ2) is 17.7. The largest absolute Gasteiger partial charge is 0.493 e. The highest BCUT2D eigenvalue weighted by Gasteiger charge is 2.23. The fraction of sp³-hybridized carbons (Fsp3) is 0.184. The highest BCUT2D eigenvalue weighted by Crippen LogP contribution is 2.46. The first-order valence-corrected chi connectivity index (χ1v) is 19.2. The molecule has 0 heterocycles. The molecule has 0 saturated heterocycles. The van der Waals surface area contributed by atoms with E-state index in [1.807, 2.05) is 111 Å². The first kappa shape index (κ1) is 37.7. The fourth-order valence-electron chi connectivity index (χ4n) is 6.76. The molecule has 7 heteroatoms. The van der Waals surface area contributed by atoms with Crippen LogP contribution in [0.1, 0.15) is 70.9 Å². The molecule has 0 spiro atoms. The lowest BCUT2D eigenvalue weighted by Gasteiger charge is -2.19. The Bertz CT molecular complexity index is 2530. The van der Waals surface area contributed by atoms with Crippen LogP contribution in [0.3, 0.4) is 0 Å². The predicted molar refractivity (Wildman–Crippen MR) is 224 cm³/mol. The number of esters is 2. The third kappa shape index (κ3) is 8.68. The van der Waals surface area contributed by atoms with Gasteiger partial charge in [0.25, 0.3) is 0 Å². The molecule has 0 aliphatic heterocycles. The Morgan fingerprint density at radius 3 is 1.66 bits per heavy atom. The van der Waals surface area contributed by atoms with Gasteiger partial charge in [-0.2, -0.15) is 10.2 Å². The minimum absolute atomic E-state index is 0.330. The zero-order valence-electron chi connectivity index (χ0n) is 32.0. The number of rotatable bonds is 14. The number of azo groups is 1. The lowest BCUT2D eigenvalue weighted by molar-refractivity contribution is 0.0723. The normalized spacial score (nSPS) is 11.3. The average Bonchev–Trinajstić information content (AvgIpc) is 3.23. The molecule has 0 aliphatic carbocycles. The number of unbranched alkanes of at least 4 members (excludes halogenated alkanes) is 4. The van der Waals surface area contributed by atoms with Gasteiger partial charge in [-0.25, -0.2) is 9.59 Å². The maximum atomic E-state index is 14.1. The standard InChI is InChI=1S/C49H44N2O5/c1-4-5-6-7-15-30-54-45-32-38(31-33(2)34(45)3)49(53)56-44-29-25-36-17-12-14-21-42(36)47(44)46-41-20-13-11-16-35(41)24-28-43(46)55-48(52)37-22-26-40(27-23-37)51-50-39-18-9-8-10-19-39/h8-14,16-29,31-32H,4-7,15,30H2,1-3H3/b51-50-. The van der Waals surface area contributed by atoms with E-state index >= 15 is 0 Å². The van der Waals surface area contributed by atoms with Gasteiger partial charge in [-0.15, -0.1) is 0 Å². The van der Waals surface area contributed by atoms with Gasteiger partial charge in [-0.05, 0) is 114 Å². The van der Waals surface area contributed by atoms with E-state index in [4.69, 9.17) is 14.2 Å². The fourth-order valence-corrected chi connectivity index (χ4v) is 6.76. The first-order valence-electron chi connectivity index (χ1n) is 19.2. The summed E-state index contributed by atoms with van der Waals surface area (Å²) in [7, 11) is 0. The number of ether oxygens (including phenoxy) is 3. The summed E-state index contributed by atoms with van der Waals surface area (Å²) in [5.74, 6) is 0.297. The van der Waals surface area contributed by atoms with Gasteiger partial charge >= 0.3 is 11.9 Å². The van der Waals surface area contributed by atoms with Crippen LogP contribution in [0, 0.1) is 13.8 Å². The van der Waals surface area contributed by atoms with Gasteiger partial charge in [0, 0.05) is 11.1 Å². The minimum Gasteiger partial charge on any atom is -0.493 e. The van der Waals surface area contributed by atoms with Crippen LogP contribution in [-0.4, -0.2) is 18.5 Å². The molecular weight excluding hydrogens is 697 g/mol. The Hall–Kier alpha value is -6.60. The zero-order chi connectivity index (χ0) is 38.9. The second-order valence-electron chi connectivity index (χ2n) is 13.9. The Balaban J connectivity index is 1.23. The summed E-state index contributed by atoms with van der Waals surface area (Å²) in [5.41, 5.74) is 5.28. The quantitative estimate of drug-likeness (QED) is 0.0479. The zero-order valence-corrected chi connectivity index (χ0v) is 32.0. The molecule has 0 radical (unpaired) electrons. The maximum Gasteiger partial charge on any atom is 0.343 e. The molecule has 7 rings (SSSR count). The van der Waals surface area contributed by atoms with Gasteiger partial charge in [0.15, 0.2) is 0 Å². The Labute approximate surface area is 327 Å². The van der Waals surface area contributed by atoms with E-state index in [0.29, 0.717) is 51.8 Å². The number of fused-ring (bicyclic) bond motifs is 2. The third-order valence-electron chi connectivity index (χ3n) is 9.94. The van der Waals surface area contributed by atoms with Crippen LogP contribution >= 0.6 is 0 Å². The van der Waals surface area contributed by atoms with Crippen LogP contribution in [0.4, 0.5) is 11.4 Å². The van der Waals surface area contributed by atoms with E-state index < -0.39 is 11.9 Å². The number of aryl methyl sites for hydroxylation is 1. The van der Waals surface area contributed by atoms with E-state index in [1.165, 1.54) is 19.3 Å². The van der Waals surface area contributed by atoms with Gasteiger partial charge < -0.3 is 14.2 Å². The lowest BCUT2D eigenvalue weighted by Crippen LogP contribution is -2.12. The average molecular weight is 741 g/mol. The van der Waals surface area contributed by atoms with Crippen molar-refractivity contribution in [2.45, 2.75) is 52.9 Å². The molecule has 0 saturated carbocycles. The highest BCUT2D eigenvalue weighted by molar-refractivity contribution is 6.11. The molecule has 0 fully saturated rings. The maximum absolute atomic E-state index is 14.1. The summed E-state index contributed by atoms with van der Waals surface area (Å²) in [4.78, 5) is 27.9. The van der Waals surface area contributed by atoms with Crippen molar-refractivity contribution in [1.82, 2.24) is 0 Å². The number of hydrogen-bond donors (Lipinski definition) is 0. The summed E-state index contributed by atoms with van der Waals surface area (Å²) in [6.45, 7) is 6.77. The molecule has 7 aromatic carbocycles. The van der Waals surface area contributed by atoms with Crippen LogP contribution in [0.25, 0.3) is 32.7 Å². The monoisotopic (exact) mass is 740 g/mol. The third-order valence-corrected chi connectivity index (χ3v) is 9.94. The molecule has 0 bridgehead atoms. The molecule has 0 unspecified atom stereocenters. The van der Waals surface area contributed by atoms with Crippen molar-refractivity contribution in [2.75, 3.05) is 6.61 Å². The molecule has 280 valence electrons. The number of hydrogen-bond acceptors (Lipinski definition) is 7. The molecule has 56 heavy (non-hydrogen) atoms. The molecule has 0 aromatic heterocycles. The summed E-state index contributed by atoms with van der Waals surface area (Å²) in [5, 5.41) is 12.1. The van der Waals surface area contributed by atoms with E-state index in [-0.39, 0.29) is 0 Å². The lowest BCUT2D eigenvalue weighted by atomic mass is 9.92. The number of carbonyl (C=O) groups is 2. The van der Waals surface area contributed by atoms with Crippen molar-refractivity contribution in [3.63, 3.8) is 0 Å². The predicted octanol–water partition coefficient (Wildman–Crippen LogP) is 13.5. The number of carbonyl (C=O) groups excluding carboxylic acids is 2. The molecule has 0 N–H and O–H groups in total. The van der Waals surface area contributed by atoms with Crippen molar-refractivity contribution >= 4 is 44.9 Å². The van der Waals surface area contributed by atoms with Crippen LogP contribution < -0.4 is 14.2 Å². The Morgan fingerprint density at radius 2 is 1.05 bits per heavy atom. The summed E-state index contributed by atoms with van der Waals surface area (Å²) in [6, 6.07) is 43.1. The van der Waals surface area contributed by atoms with Crippen molar-refractivity contribution in [1.29, 1.82) is 0 Å². The SMILES string of the molecule is CCCCCCCOc1cc(C(=O)Oc2ccc3ccccc3c2-c2c(OC(=O)c3ccc(/N=N\c4ccccc4)cc3)ccc3ccccc23)cc(C)c1C. The van der Waals surface area contributed by atoms with Gasteiger partial charge in [0.05, 0.1) is 29.1 Å². The van der Waals surface area contributed by atoms with Crippen LogP contribution in [-0.2, 0) is 0 Å². The highest BCUT2D eigenvalue weighted by atomic mass is 16.5. The first-order chi connectivity index (χ1) is 27.4. The molecule has 7 nitrogen and oxygen atoms in total. The second-order valence-corrected chi connectivity index (χ2v) is 13.9. The number of benzene rings is 7. The van der Waals surface area contributed by atoms with Crippen molar-refractivity contribution < 1.29 is 23.8 Å². The molecule has 0 atom stereocenters. The van der Waals surface area contributed by atoms with E-state index in [2.05, 4.69) is 17.2 Å². The Kier molecular flexibility index (Phi) is 11.9. The molecule has 0 aliphatic rings. The van der Waals surface area contributed by atoms with Crippen molar-refractivity contribution in [2.24, 2.45) is 10.2 Å². The smallest absolute Gasteiger partial charge is 0.343 e. The minimum atomic E-state index is -0.542. The van der Waals surface area contributed by atoms with E-state index in [0.717, 1.165) is 51.2 Å². The van der Waals surface area contributed by atoms with Crippen LogP contribution in [0.5, 0.6) is 17.2 Å².